The van der Waals surface area contributed by atoms with Crippen molar-refractivity contribution in [1.29, 1.82) is 0 Å². The lowest BCUT2D eigenvalue weighted by Crippen LogP contribution is -2.25. The van der Waals surface area contributed by atoms with Crippen LogP contribution in [0.1, 0.15) is 17.4 Å². The van der Waals surface area contributed by atoms with Crippen LogP contribution in [0.15, 0.2) is 24.3 Å². The molecule has 1 aromatic heterocycles. The second kappa shape index (κ2) is 6.57. The van der Waals surface area contributed by atoms with Gasteiger partial charge in [-0.1, -0.05) is 12.1 Å². The molecule has 2 aromatic rings. The SMILES string of the molecule is CNC(c1cccc(O)c1)c1nc(N(C)C)nc(N(C)C)n1. The lowest BCUT2D eigenvalue weighted by molar-refractivity contribution is 0.473. The standard InChI is InChI=1S/C15H22N6O/c1-16-12(10-7-6-8-11(22)9-10)13-17-14(20(2)3)19-15(18-13)21(4)5/h6-9,12,16,22H,1-5H3. The molecule has 0 aliphatic heterocycles. The molecule has 1 atom stereocenters. The van der Waals surface area contributed by atoms with Gasteiger partial charge in [-0.3, -0.25) is 0 Å². The summed E-state index contributed by atoms with van der Waals surface area (Å²) in [6.07, 6.45) is 0. The Balaban J connectivity index is 2.52. The molecule has 1 unspecified atom stereocenters. The van der Waals surface area contributed by atoms with Gasteiger partial charge >= 0.3 is 0 Å². The molecule has 0 saturated heterocycles. The summed E-state index contributed by atoms with van der Waals surface area (Å²) >= 11 is 0. The minimum atomic E-state index is -0.229. The van der Waals surface area contributed by atoms with Crippen LogP contribution >= 0.6 is 0 Å². The molecule has 0 aliphatic carbocycles. The molecule has 0 spiro atoms. The van der Waals surface area contributed by atoms with E-state index in [1.165, 1.54) is 0 Å². The van der Waals surface area contributed by atoms with Crippen LogP contribution < -0.4 is 15.1 Å². The summed E-state index contributed by atoms with van der Waals surface area (Å²) in [5.74, 6) is 2.01. The number of phenols is 1. The van der Waals surface area contributed by atoms with E-state index in [9.17, 15) is 5.11 Å². The summed E-state index contributed by atoms with van der Waals surface area (Å²) in [4.78, 5) is 17.1. The fourth-order valence-corrected chi connectivity index (χ4v) is 2.05. The summed E-state index contributed by atoms with van der Waals surface area (Å²) in [5.41, 5.74) is 0.892. The molecular formula is C15H22N6O. The van der Waals surface area contributed by atoms with Crippen LogP contribution in [0.4, 0.5) is 11.9 Å². The number of anilines is 2. The van der Waals surface area contributed by atoms with Crippen molar-refractivity contribution in [2.75, 3.05) is 45.0 Å². The highest BCUT2D eigenvalue weighted by atomic mass is 16.3. The zero-order valence-corrected chi connectivity index (χ0v) is 13.6. The van der Waals surface area contributed by atoms with Crippen LogP contribution in [-0.2, 0) is 0 Å². The van der Waals surface area contributed by atoms with Gasteiger partial charge in [-0.2, -0.15) is 15.0 Å². The molecular weight excluding hydrogens is 280 g/mol. The minimum Gasteiger partial charge on any atom is -0.508 e. The molecule has 7 nitrogen and oxygen atoms in total. The smallest absolute Gasteiger partial charge is 0.229 e. The van der Waals surface area contributed by atoms with E-state index in [2.05, 4.69) is 20.3 Å². The Hall–Kier alpha value is -2.41. The first-order valence-corrected chi connectivity index (χ1v) is 6.99. The lowest BCUT2D eigenvalue weighted by atomic mass is 10.1. The average molecular weight is 302 g/mol. The highest BCUT2D eigenvalue weighted by molar-refractivity contribution is 5.40. The predicted molar refractivity (Wildman–Crippen MR) is 87.5 cm³/mol. The van der Waals surface area contributed by atoms with E-state index < -0.39 is 0 Å². The van der Waals surface area contributed by atoms with Gasteiger partial charge in [0, 0.05) is 28.2 Å². The minimum absolute atomic E-state index is 0.215. The molecule has 0 aliphatic rings. The quantitative estimate of drug-likeness (QED) is 0.853. The number of aromatic nitrogens is 3. The molecule has 0 amide bonds. The van der Waals surface area contributed by atoms with Crippen molar-refractivity contribution >= 4 is 11.9 Å². The third-order valence-electron chi connectivity index (χ3n) is 3.18. The summed E-state index contributed by atoms with van der Waals surface area (Å²) in [6, 6.07) is 6.84. The molecule has 0 bridgehead atoms. The van der Waals surface area contributed by atoms with Crippen LogP contribution in [0.3, 0.4) is 0 Å². The maximum Gasteiger partial charge on any atom is 0.229 e. The second-order valence-electron chi connectivity index (χ2n) is 5.40. The fraction of sp³-hybridized carbons (Fsp3) is 0.400. The van der Waals surface area contributed by atoms with Gasteiger partial charge in [-0.05, 0) is 24.7 Å². The van der Waals surface area contributed by atoms with Crippen molar-refractivity contribution < 1.29 is 5.11 Å². The van der Waals surface area contributed by atoms with Gasteiger partial charge in [-0.25, -0.2) is 0 Å². The summed E-state index contributed by atoms with van der Waals surface area (Å²) in [7, 11) is 9.40. The maximum absolute atomic E-state index is 9.69. The van der Waals surface area contributed by atoms with E-state index in [0.717, 1.165) is 5.56 Å². The average Bonchev–Trinajstić information content (AvgIpc) is 2.47. The van der Waals surface area contributed by atoms with Gasteiger partial charge in [0.2, 0.25) is 11.9 Å². The van der Waals surface area contributed by atoms with Gasteiger partial charge < -0.3 is 20.2 Å². The van der Waals surface area contributed by atoms with Crippen LogP contribution in [0.5, 0.6) is 5.75 Å². The van der Waals surface area contributed by atoms with Gasteiger partial charge in [0.25, 0.3) is 0 Å². The highest BCUT2D eigenvalue weighted by Gasteiger charge is 2.19. The molecule has 1 aromatic carbocycles. The fourth-order valence-electron chi connectivity index (χ4n) is 2.05. The Labute approximate surface area is 130 Å². The molecule has 118 valence electrons. The van der Waals surface area contributed by atoms with E-state index in [0.29, 0.717) is 17.7 Å². The normalized spacial score (nSPS) is 12.0. The van der Waals surface area contributed by atoms with Crippen molar-refractivity contribution in [3.05, 3.63) is 35.7 Å². The Bertz CT molecular complexity index is 617. The number of nitrogens with zero attached hydrogens (tertiary/aromatic N) is 5. The largest absolute Gasteiger partial charge is 0.508 e. The van der Waals surface area contributed by atoms with Gasteiger partial charge in [0.15, 0.2) is 5.82 Å². The molecule has 22 heavy (non-hydrogen) atoms. The number of hydrogen-bond donors (Lipinski definition) is 2. The highest BCUT2D eigenvalue weighted by Crippen LogP contribution is 2.24. The Kier molecular flexibility index (Phi) is 4.77. The van der Waals surface area contributed by atoms with Crippen molar-refractivity contribution in [1.82, 2.24) is 20.3 Å². The van der Waals surface area contributed by atoms with Gasteiger partial charge in [0.1, 0.15) is 5.75 Å². The number of phenolic OH excluding ortho intramolecular Hbond substituents is 1. The van der Waals surface area contributed by atoms with E-state index in [-0.39, 0.29) is 11.8 Å². The monoisotopic (exact) mass is 302 g/mol. The van der Waals surface area contributed by atoms with Gasteiger partial charge in [0.05, 0.1) is 6.04 Å². The first-order chi connectivity index (χ1) is 10.4. The van der Waals surface area contributed by atoms with E-state index in [1.807, 2.05) is 51.1 Å². The zero-order chi connectivity index (χ0) is 16.3. The molecule has 2 N–H and O–H groups in total. The molecule has 2 rings (SSSR count). The van der Waals surface area contributed by atoms with Crippen LogP contribution in [0, 0.1) is 0 Å². The maximum atomic E-state index is 9.69. The molecule has 7 heteroatoms. The van der Waals surface area contributed by atoms with Crippen molar-refractivity contribution in [3.8, 4) is 5.75 Å². The number of benzene rings is 1. The Morgan fingerprint density at radius 1 is 1.00 bits per heavy atom. The Morgan fingerprint density at radius 3 is 2.05 bits per heavy atom. The topological polar surface area (TPSA) is 77.4 Å². The number of rotatable bonds is 5. The number of nitrogens with one attached hydrogen (secondary N) is 1. The van der Waals surface area contributed by atoms with E-state index in [4.69, 9.17) is 0 Å². The third kappa shape index (κ3) is 3.43. The van der Waals surface area contributed by atoms with Crippen molar-refractivity contribution in [2.24, 2.45) is 0 Å². The number of hydrogen-bond acceptors (Lipinski definition) is 7. The predicted octanol–water partition coefficient (Wildman–Crippen LogP) is 1.02. The van der Waals surface area contributed by atoms with E-state index in [1.54, 1.807) is 18.2 Å². The van der Waals surface area contributed by atoms with Crippen LogP contribution in [-0.4, -0.2) is 55.3 Å². The third-order valence-corrected chi connectivity index (χ3v) is 3.18. The van der Waals surface area contributed by atoms with Crippen LogP contribution in [0.2, 0.25) is 0 Å². The summed E-state index contributed by atoms with van der Waals surface area (Å²) in [5, 5.41) is 12.9. The first-order valence-electron chi connectivity index (χ1n) is 6.99. The Morgan fingerprint density at radius 2 is 1.59 bits per heavy atom. The van der Waals surface area contributed by atoms with Gasteiger partial charge in [-0.15, -0.1) is 0 Å². The lowest BCUT2D eigenvalue weighted by Gasteiger charge is -2.20. The zero-order valence-electron chi connectivity index (χ0n) is 13.6. The second-order valence-corrected chi connectivity index (χ2v) is 5.40. The molecule has 1 heterocycles. The van der Waals surface area contributed by atoms with Crippen LogP contribution in [0.25, 0.3) is 0 Å². The summed E-state index contributed by atoms with van der Waals surface area (Å²) in [6.45, 7) is 0. The molecule has 0 saturated carbocycles. The van der Waals surface area contributed by atoms with Crippen molar-refractivity contribution in [3.63, 3.8) is 0 Å². The number of aromatic hydroxyl groups is 1. The molecule has 0 fully saturated rings. The first kappa shape index (κ1) is 16.0. The van der Waals surface area contributed by atoms with E-state index >= 15 is 0 Å². The summed E-state index contributed by atoms with van der Waals surface area (Å²) < 4.78 is 0. The van der Waals surface area contributed by atoms with Crippen molar-refractivity contribution in [2.45, 2.75) is 6.04 Å². The molecule has 0 radical (unpaired) electrons.